The fraction of sp³-hybridized carbons (Fsp3) is 0.263. The van der Waals surface area contributed by atoms with Crippen molar-refractivity contribution in [2.45, 2.75) is 12.3 Å². The van der Waals surface area contributed by atoms with Gasteiger partial charge in [0.05, 0.1) is 11.7 Å². The zero-order valence-corrected chi connectivity index (χ0v) is 14.5. The molecule has 1 aliphatic heterocycles. The zero-order valence-electron chi connectivity index (χ0n) is 14.5. The van der Waals surface area contributed by atoms with Gasteiger partial charge in [0.1, 0.15) is 12.3 Å². The number of likely N-dealkylation sites (tertiary alicyclic amines) is 1. The van der Waals surface area contributed by atoms with Crippen LogP contribution in [-0.2, 0) is 4.79 Å². The highest BCUT2D eigenvalue weighted by molar-refractivity contribution is 5.97. The van der Waals surface area contributed by atoms with E-state index in [1.54, 1.807) is 21.9 Å². The monoisotopic (exact) mass is 362 g/mol. The lowest BCUT2D eigenvalue weighted by Gasteiger charge is -2.14. The number of hydrogen-bond acceptors (Lipinski definition) is 5. The normalized spacial score (nSPS) is 17.2. The highest BCUT2D eigenvalue weighted by atomic mass is 16.3. The van der Waals surface area contributed by atoms with Gasteiger partial charge in [0, 0.05) is 48.0 Å². The van der Waals surface area contributed by atoms with Gasteiger partial charge in [-0.25, -0.2) is 4.98 Å². The summed E-state index contributed by atoms with van der Waals surface area (Å²) in [6, 6.07) is 7.99. The van der Waals surface area contributed by atoms with Crippen LogP contribution in [0.1, 0.15) is 18.0 Å². The van der Waals surface area contributed by atoms with Gasteiger partial charge in [0.15, 0.2) is 0 Å². The van der Waals surface area contributed by atoms with Crippen LogP contribution in [0.25, 0.3) is 27.7 Å². The molecular formula is C19H18N6O2. The van der Waals surface area contributed by atoms with Crippen molar-refractivity contribution in [1.82, 2.24) is 29.7 Å². The van der Waals surface area contributed by atoms with Gasteiger partial charge < -0.3 is 15.0 Å². The van der Waals surface area contributed by atoms with E-state index in [0.29, 0.717) is 13.1 Å². The minimum Gasteiger partial charge on any atom is -0.387 e. The number of aromatic amines is 1. The van der Waals surface area contributed by atoms with E-state index in [0.717, 1.165) is 39.8 Å². The van der Waals surface area contributed by atoms with Crippen LogP contribution < -0.4 is 0 Å². The van der Waals surface area contributed by atoms with Gasteiger partial charge in [0.25, 0.3) is 0 Å². The molecule has 0 saturated carbocycles. The van der Waals surface area contributed by atoms with Gasteiger partial charge >= 0.3 is 0 Å². The van der Waals surface area contributed by atoms with E-state index in [-0.39, 0.29) is 11.8 Å². The van der Waals surface area contributed by atoms with Crippen molar-refractivity contribution in [2.24, 2.45) is 0 Å². The summed E-state index contributed by atoms with van der Waals surface area (Å²) in [5.41, 5.74) is 4.87. The number of aliphatic hydroxyl groups is 1. The lowest BCUT2D eigenvalue weighted by molar-refractivity contribution is -0.133. The molecule has 0 spiro atoms. The predicted molar refractivity (Wildman–Crippen MR) is 99.1 cm³/mol. The van der Waals surface area contributed by atoms with E-state index in [1.165, 1.54) is 0 Å². The number of aliphatic hydroxyl groups excluding tert-OH is 1. The summed E-state index contributed by atoms with van der Waals surface area (Å²) in [6.07, 6.45) is 6.18. The molecule has 5 rings (SSSR count). The summed E-state index contributed by atoms with van der Waals surface area (Å²) in [5, 5.41) is 18.7. The molecule has 1 fully saturated rings. The number of nitrogens with one attached hydrogen (secondary N) is 1. The van der Waals surface area contributed by atoms with Crippen molar-refractivity contribution in [1.29, 1.82) is 0 Å². The third-order valence-electron chi connectivity index (χ3n) is 5.26. The van der Waals surface area contributed by atoms with Crippen LogP contribution in [0.4, 0.5) is 0 Å². The molecule has 0 radical (unpaired) electrons. The van der Waals surface area contributed by atoms with Crippen LogP contribution in [0.15, 0.2) is 42.9 Å². The van der Waals surface area contributed by atoms with Crippen LogP contribution in [0.5, 0.6) is 0 Å². The molecule has 1 atom stereocenters. The van der Waals surface area contributed by atoms with Gasteiger partial charge in [-0.1, -0.05) is 0 Å². The first-order valence-electron chi connectivity index (χ1n) is 8.90. The molecule has 136 valence electrons. The molecule has 1 unspecified atom stereocenters. The number of carbonyl (C=O) groups excluding carboxylic acids is 1. The maximum atomic E-state index is 11.7. The second-order valence-electron chi connectivity index (χ2n) is 6.79. The fourth-order valence-electron chi connectivity index (χ4n) is 3.88. The maximum Gasteiger partial charge on any atom is 0.248 e. The molecule has 8 heteroatoms. The quantitative estimate of drug-likeness (QED) is 0.576. The van der Waals surface area contributed by atoms with Crippen molar-refractivity contribution >= 4 is 22.5 Å². The third-order valence-corrected chi connectivity index (χ3v) is 5.26. The summed E-state index contributed by atoms with van der Waals surface area (Å²) in [7, 11) is 0. The lowest BCUT2D eigenvalue weighted by atomic mass is 10.0. The summed E-state index contributed by atoms with van der Waals surface area (Å²) in [5.74, 6) is -0.000553. The predicted octanol–water partition coefficient (Wildman–Crippen LogP) is 1.58. The number of nitrogens with zero attached hydrogens (tertiary/aromatic N) is 5. The Kier molecular flexibility index (Phi) is 3.64. The largest absolute Gasteiger partial charge is 0.387 e. The Bertz CT molecular complexity index is 1150. The van der Waals surface area contributed by atoms with E-state index in [9.17, 15) is 4.79 Å². The summed E-state index contributed by atoms with van der Waals surface area (Å²) in [4.78, 5) is 21.3. The van der Waals surface area contributed by atoms with E-state index in [2.05, 4.69) is 26.2 Å². The van der Waals surface area contributed by atoms with Crippen molar-refractivity contribution < 1.29 is 9.90 Å². The number of amides is 1. The lowest BCUT2D eigenvalue weighted by Crippen LogP contribution is -2.30. The topological polar surface area (TPSA) is 99.4 Å². The Morgan fingerprint density at radius 2 is 2.19 bits per heavy atom. The molecule has 5 heterocycles. The van der Waals surface area contributed by atoms with Gasteiger partial charge in [0.2, 0.25) is 5.91 Å². The van der Waals surface area contributed by atoms with Crippen molar-refractivity contribution in [3.8, 4) is 11.1 Å². The number of rotatable bonds is 3. The smallest absolute Gasteiger partial charge is 0.248 e. The summed E-state index contributed by atoms with van der Waals surface area (Å²) in [6.45, 7) is 0.843. The summed E-state index contributed by atoms with van der Waals surface area (Å²) < 4.78 is 1.62. The number of carbonyl (C=O) groups is 1. The SMILES string of the molecule is O=C(CO)N1CCC(c2cc3c(-c4cnn5ncccc45)ccnc3[nH]2)C1. The number of pyridine rings is 1. The Balaban J connectivity index is 1.56. The first-order chi connectivity index (χ1) is 13.2. The van der Waals surface area contributed by atoms with Crippen LogP contribution in [0.3, 0.4) is 0 Å². The molecule has 27 heavy (non-hydrogen) atoms. The number of hydrogen-bond donors (Lipinski definition) is 2. The molecule has 0 bridgehead atoms. The van der Waals surface area contributed by atoms with E-state index in [4.69, 9.17) is 5.11 Å². The molecular weight excluding hydrogens is 344 g/mol. The first-order valence-corrected chi connectivity index (χ1v) is 8.90. The van der Waals surface area contributed by atoms with Gasteiger partial charge in [-0.05, 0) is 36.2 Å². The molecule has 0 aliphatic carbocycles. The van der Waals surface area contributed by atoms with Crippen LogP contribution in [0.2, 0.25) is 0 Å². The number of aromatic nitrogens is 5. The maximum absolute atomic E-state index is 11.7. The first kappa shape index (κ1) is 16.0. The second kappa shape index (κ2) is 6.17. The number of fused-ring (bicyclic) bond motifs is 2. The van der Waals surface area contributed by atoms with Gasteiger partial charge in [-0.3, -0.25) is 4.79 Å². The third kappa shape index (κ3) is 2.57. The molecule has 0 aromatic carbocycles. The van der Waals surface area contributed by atoms with Crippen LogP contribution in [-0.4, -0.2) is 60.4 Å². The fourth-order valence-corrected chi connectivity index (χ4v) is 3.88. The molecule has 1 amide bonds. The molecule has 8 nitrogen and oxygen atoms in total. The Hall–Kier alpha value is -3.26. The Morgan fingerprint density at radius 1 is 1.26 bits per heavy atom. The Labute approximate surface area is 154 Å². The van der Waals surface area contributed by atoms with Crippen LogP contribution in [0, 0.1) is 0 Å². The Morgan fingerprint density at radius 3 is 3.07 bits per heavy atom. The minimum atomic E-state index is -0.437. The highest BCUT2D eigenvalue weighted by Crippen LogP contribution is 2.34. The minimum absolute atomic E-state index is 0.216. The summed E-state index contributed by atoms with van der Waals surface area (Å²) >= 11 is 0. The number of H-pyrrole nitrogens is 1. The molecule has 2 N–H and O–H groups in total. The average molecular weight is 362 g/mol. The van der Waals surface area contributed by atoms with Crippen molar-refractivity contribution in [2.75, 3.05) is 19.7 Å². The molecule has 4 aromatic heterocycles. The molecule has 1 saturated heterocycles. The van der Waals surface area contributed by atoms with Crippen LogP contribution >= 0.6 is 0 Å². The van der Waals surface area contributed by atoms with E-state index in [1.807, 2.05) is 24.4 Å². The second-order valence-corrected chi connectivity index (χ2v) is 6.79. The molecule has 1 aliphatic rings. The average Bonchev–Trinajstić information content (AvgIpc) is 3.43. The van der Waals surface area contributed by atoms with Gasteiger partial charge in [-0.2, -0.15) is 14.8 Å². The van der Waals surface area contributed by atoms with Crippen molar-refractivity contribution in [3.05, 3.63) is 48.5 Å². The van der Waals surface area contributed by atoms with E-state index < -0.39 is 6.61 Å². The van der Waals surface area contributed by atoms with E-state index >= 15 is 0 Å². The van der Waals surface area contributed by atoms with Crippen molar-refractivity contribution in [3.63, 3.8) is 0 Å². The highest BCUT2D eigenvalue weighted by Gasteiger charge is 2.28. The van der Waals surface area contributed by atoms with Gasteiger partial charge in [-0.15, -0.1) is 0 Å². The standard InChI is InChI=1S/C19H18N6O2/c26-11-18(27)24-7-4-12(10-24)16-8-14-13(3-6-20-19(14)23-16)15-9-22-25-17(15)2-1-5-21-25/h1-3,5-6,8-9,12,26H,4,7,10-11H2,(H,20,23). The zero-order chi connectivity index (χ0) is 18.4. The molecule has 4 aromatic rings.